The van der Waals surface area contributed by atoms with Gasteiger partial charge in [-0.05, 0) is 25.8 Å². The summed E-state index contributed by atoms with van der Waals surface area (Å²) in [7, 11) is -4.10. The molecule has 0 aliphatic rings. The van der Waals surface area contributed by atoms with Crippen molar-refractivity contribution >= 4 is 10.0 Å². The predicted molar refractivity (Wildman–Crippen MR) is 84.5 cm³/mol. The number of aryl methyl sites for hydroxylation is 2. The highest BCUT2D eigenvalue weighted by atomic mass is 32.2. The topological polar surface area (TPSA) is 81.8 Å². The number of hydrogen-bond acceptors (Lipinski definition) is 4. The first kappa shape index (κ1) is 21.3. The first-order chi connectivity index (χ1) is 12.3. The lowest BCUT2D eigenvalue weighted by molar-refractivity contribution is -0.141. The molecule has 13 heteroatoms. The maximum absolute atomic E-state index is 12.7. The largest absolute Gasteiger partial charge is 0.435 e. The third-order valence-electron chi connectivity index (χ3n) is 3.74. The quantitative estimate of drug-likeness (QED) is 0.705. The van der Waals surface area contributed by atoms with E-state index in [1.807, 2.05) is 0 Å². The highest BCUT2D eigenvalue weighted by Crippen LogP contribution is 2.28. The maximum atomic E-state index is 12.7. The fourth-order valence-corrected chi connectivity index (χ4v) is 3.69. The Balaban J connectivity index is 2.05. The summed E-state index contributed by atoms with van der Waals surface area (Å²) in [6, 6.07) is 0.902. The van der Waals surface area contributed by atoms with E-state index in [-0.39, 0.29) is 34.1 Å². The summed E-state index contributed by atoms with van der Waals surface area (Å²) < 4.78 is 91.5. The number of rotatable bonds is 7. The molecule has 0 aliphatic heterocycles. The number of nitrogens with zero attached hydrogens (tertiary/aromatic N) is 4. The van der Waals surface area contributed by atoms with Gasteiger partial charge in [0.25, 0.3) is 0 Å². The number of nitrogens with one attached hydrogen (secondary N) is 1. The van der Waals surface area contributed by atoms with Crippen LogP contribution in [0.15, 0.2) is 17.2 Å². The zero-order chi connectivity index (χ0) is 20.6. The average molecular weight is 415 g/mol. The Morgan fingerprint density at radius 2 is 1.85 bits per heavy atom. The van der Waals surface area contributed by atoms with E-state index in [9.17, 15) is 30.4 Å². The fourth-order valence-electron chi connectivity index (χ4n) is 2.35. The minimum absolute atomic E-state index is 0.0414. The van der Waals surface area contributed by atoms with Gasteiger partial charge >= 0.3 is 12.7 Å². The molecule has 0 fully saturated rings. The number of sulfonamides is 1. The van der Waals surface area contributed by atoms with Gasteiger partial charge in [-0.1, -0.05) is 6.92 Å². The van der Waals surface area contributed by atoms with E-state index >= 15 is 0 Å². The van der Waals surface area contributed by atoms with Gasteiger partial charge in [0.15, 0.2) is 5.69 Å². The second kappa shape index (κ2) is 7.54. The Labute approximate surface area is 152 Å². The van der Waals surface area contributed by atoms with E-state index in [0.717, 1.165) is 16.9 Å². The van der Waals surface area contributed by atoms with Crippen molar-refractivity contribution in [3.8, 4) is 0 Å². The molecule has 0 spiro atoms. The van der Waals surface area contributed by atoms with E-state index in [1.165, 1.54) is 13.8 Å². The Hall–Kier alpha value is -2.02. The van der Waals surface area contributed by atoms with Gasteiger partial charge in [0.2, 0.25) is 10.0 Å². The highest BCUT2D eigenvalue weighted by molar-refractivity contribution is 7.89. The van der Waals surface area contributed by atoms with Crippen molar-refractivity contribution in [2.45, 2.75) is 44.9 Å². The van der Waals surface area contributed by atoms with Crippen LogP contribution in [0.4, 0.5) is 22.0 Å². The van der Waals surface area contributed by atoms with E-state index in [2.05, 4.69) is 14.9 Å². The molecule has 0 aromatic carbocycles. The molecule has 2 rings (SSSR count). The van der Waals surface area contributed by atoms with Crippen LogP contribution in [0.5, 0.6) is 0 Å². The van der Waals surface area contributed by atoms with E-state index in [1.54, 1.807) is 6.92 Å². The van der Waals surface area contributed by atoms with Gasteiger partial charge in [0.05, 0.1) is 11.9 Å². The van der Waals surface area contributed by atoms with Gasteiger partial charge in [-0.3, -0.25) is 4.68 Å². The molecule has 1 N–H and O–H groups in total. The summed E-state index contributed by atoms with van der Waals surface area (Å²) in [5.74, 6) is -0.412. The predicted octanol–water partition coefficient (Wildman–Crippen LogP) is 2.72. The molecule has 0 aliphatic carbocycles. The molecule has 0 saturated carbocycles. The van der Waals surface area contributed by atoms with Gasteiger partial charge in [-0.15, -0.1) is 0 Å². The third-order valence-corrected chi connectivity index (χ3v) is 5.27. The van der Waals surface area contributed by atoms with E-state index in [0.29, 0.717) is 0 Å². The lowest BCUT2D eigenvalue weighted by Gasteiger charge is -2.14. The lowest BCUT2D eigenvalue weighted by Crippen LogP contribution is -2.30. The number of hydrogen-bond donors (Lipinski definition) is 1. The Morgan fingerprint density at radius 1 is 1.22 bits per heavy atom. The van der Waals surface area contributed by atoms with Crippen LogP contribution < -0.4 is 4.72 Å². The van der Waals surface area contributed by atoms with Crippen molar-refractivity contribution in [2.24, 2.45) is 5.92 Å². The van der Waals surface area contributed by atoms with E-state index < -0.39 is 34.4 Å². The monoisotopic (exact) mass is 415 g/mol. The molecule has 2 aromatic rings. The van der Waals surface area contributed by atoms with Crippen molar-refractivity contribution in [1.29, 1.82) is 0 Å². The van der Waals surface area contributed by atoms with Crippen molar-refractivity contribution in [3.05, 3.63) is 29.3 Å². The molecular weight excluding hydrogens is 397 g/mol. The molecular formula is C14H18F5N5O2S. The smallest absolute Gasteiger partial charge is 0.269 e. The van der Waals surface area contributed by atoms with Crippen LogP contribution in [0, 0.1) is 19.8 Å². The van der Waals surface area contributed by atoms with Gasteiger partial charge < -0.3 is 0 Å². The summed E-state index contributed by atoms with van der Waals surface area (Å²) >= 11 is 0. The molecule has 0 amide bonds. The fraction of sp³-hybridized carbons (Fsp3) is 0.571. The summed E-state index contributed by atoms with van der Waals surface area (Å²) in [5.41, 5.74) is -0.831. The molecule has 0 saturated heterocycles. The SMILES string of the molecule is Cc1nn(C(F)F)cc1S(=O)(=O)NC[C@@H](C)Cn1nc(C(F)(F)F)cc1C. The third kappa shape index (κ3) is 5.03. The van der Waals surface area contributed by atoms with Crippen molar-refractivity contribution in [2.75, 3.05) is 6.54 Å². The number of halogens is 5. The van der Waals surface area contributed by atoms with E-state index in [4.69, 9.17) is 0 Å². The molecule has 0 bridgehead atoms. The highest BCUT2D eigenvalue weighted by Gasteiger charge is 2.34. The molecule has 152 valence electrons. The van der Waals surface area contributed by atoms with Gasteiger partial charge in [0.1, 0.15) is 4.90 Å². The Bertz CT molecular complexity index is 904. The van der Waals surface area contributed by atoms with Gasteiger partial charge in [-0.2, -0.15) is 32.1 Å². The minimum atomic E-state index is -4.57. The molecule has 7 nitrogen and oxygen atoms in total. The molecule has 2 heterocycles. The summed E-state index contributed by atoms with van der Waals surface area (Å²) in [6.45, 7) is 1.30. The molecule has 27 heavy (non-hydrogen) atoms. The second-order valence-electron chi connectivity index (χ2n) is 6.14. The first-order valence-electron chi connectivity index (χ1n) is 7.76. The average Bonchev–Trinajstić information content (AvgIpc) is 3.09. The summed E-state index contributed by atoms with van der Waals surface area (Å²) in [5, 5.41) is 6.91. The van der Waals surface area contributed by atoms with Crippen LogP contribution in [0.25, 0.3) is 0 Å². The second-order valence-corrected chi connectivity index (χ2v) is 7.88. The van der Waals surface area contributed by atoms with Crippen LogP contribution in [0.2, 0.25) is 0 Å². The van der Waals surface area contributed by atoms with Crippen molar-refractivity contribution in [3.63, 3.8) is 0 Å². The lowest BCUT2D eigenvalue weighted by atomic mass is 10.2. The van der Waals surface area contributed by atoms with Crippen molar-refractivity contribution in [1.82, 2.24) is 24.3 Å². The van der Waals surface area contributed by atoms with Crippen LogP contribution in [0.1, 0.15) is 30.6 Å². The zero-order valence-corrected chi connectivity index (χ0v) is 15.4. The molecule has 2 aromatic heterocycles. The van der Waals surface area contributed by atoms with Gasteiger partial charge in [-0.25, -0.2) is 17.8 Å². The zero-order valence-electron chi connectivity index (χ0n) is 14.6. The standard InChI is InChI=1S/C14H18F5N5O2S/c1-8(6-23-9(2)4-12(22-23)14(17,18)19)5-20-27(25,26)11-7-24(13(15)16)21-10(11)3/h4,7-8,13,20H,5-6H2,1-3H3/t8-/m1/s1. The normalized spacial score (nSPS) is 14.1. The minimum Gasteiger partial charge on any atom is -0.269 e. The molecule has 0 radical (unpaired) electrons. The van der Waals surface area contributed by atoms with Gasteiger partial charge in [0, 0.05) is 18.8 Å². The van der Waals surface area contributed by atoms with Crippen LogP contribution in [-0.4, -0.2) is 34.5 Å². The number of alkyl halides is 5. The summed E-state index contributed by atoms with van der Waals surface area (Å²) in [6.07, 6.45) is -3.84. The maximum Gasteiger partial charge on any atom is 0.435 e. The Kier molecular flexibility index (Phi) is 5.94. The van der Waals surface area contributed by atoms with Crippen LogP contribution in [0.3, 0.4) is 0 Å². The Morgan fingerprint density at radius 3 is 2.33 bits per heavy atom. The molecule has 0 unspecified atom stereocenters. The van der Waals surface area contributed by atoms with Crippen LogP contribution in [-0.2, 0) is 22.7 Å². The summed E-state index contributed by atoms with van der Waals surface area (Å²) in [4.78, 5) is -0.385. The van der Waals surface area contributed by atoms with Crippen LogP contribution >= 0.6 is 0 Å². The van der Waals surface area contributed by atoms with Crippen molar-refractivity contribution < 1.29 is 30.4 Å². The number of aromatic nitrogens is 4. The molecule has 1 atom stereocenters. The first-order valence-corrected chi connectivity index (χ1v) is 9.24.